The number of benzene rings is 1. The highest BCUT2D eigenvalue weighted by Crippen LogP contribution is 2.14. The number of fused-ring (bicyclic) bond motifs is 1. The molecule has 1 aromatic heterocycles. The minimum atomic E-state index is -0.723. The van der Waals surface area contributed by atoms with Crippen LogP contribution in [0, 0.1) is 0 Å². The van der Waals surface area contributed by atoms with E-state index < -0.39 is 24.0 Å². The molecule has 0 aliphatic rings. The molecule has 1 N–H and O–H groups in total. The van der Waals surface area contributed by atoms with Gasteiger partial charge in [-0.05, 0) is 33.3 Å². The van der Waals surface area contributed by atoms with E-state index in [9.17, 15) is 14.4 Å². The van der Waals surface area contributed by atoms with Gasteiger partial charge in [0.25, 0.3) is 11.5 Å². The Morgan fingerprint density at radius 1 is 1.15 bits per heavy atom. The van der Waals surface area contributed by atoms with Crippen molar-refractivity contribution in [1.29, 1.82) is 0 Å². The van der Waals surface area contributed by atoms with Crippen LogP contribution in [0.1, 0.15) is 57.4 Å². The van der Waals surface area contributed by atoms with Crippen molar-refractivity contribution in [2.75, 3.05) is 6.61 Å². The summed E-state index contributed by atoms with van der Waals surface area (Å²) in [6.07, 6.45) is 2.78. The van der Waals surface area contributed by atoms with Gasteiger partial charge in [-0.3, -0.25) is 9.59 Å². The van der Waals surface area contributed by atoms with Gasteiger partial charge in [-0.1, -0.05) is 38.0 Å². The molecular formula is C20H27N3O4. The molecule has 7 nitrogen and oxygen atoms in total. The van der Waals surface area contributed by atoms with Gasteiger partial charge in [0, 0.05) is 17.5 Å². The molecule has 1 aromatic carbocycles. The second-order valence-corrected chi connectivity index (χ2v) is 7.50. The third-order valence-electron chi connectivity index (χ3n) is 3.88. The van der Waals surface area contributed by atoms with Crippen LogP contribution < -0.4 is 10.9 Å². The molecule has 0 saturated heterocycles. The lowest BCUT2D eigenvalue weighted by molar-refractivity contribution is -0.125. The molecule has 2 aromatic rings. The maximum absolute atomic E-state index is 12.6. The number of unbranched alkanes of at least 4 members (excludes halogenated alkanes) is 2. The van der Waals surface area contributed by atoms with Crippen LogP contribution in [0.4, 0.5) is 0 Å². The highest BCUT2D eigenvalue weighted by Gasteiger charge is 2.20. The Bertz CT molecular complexity index is 881. The first kappa shape index (κ1) is 20.6. The van der Waals surface area contributed by atoms with Gasteiger partial charge < -0.3 is 10.1 Å². The molecule has 2 rings (SSSR count). The van der Waals surface area contributed by atoms with Crippen molar-refractivity contribution >= 4 is 22.6 Å². The van der Waals surface area contributed by atoms with Crippen molar-refractivity contribution in [3.05, 3.63) is 40.3 Å². The van der Waals surface area contributed by atoms with E-state index in [1.807, 2.05) is 20.8 Å². The van der Waals surface area contributed by atoms with E-state index in [4.69, 9.17) is 4.74 Å². The number of nitrogens with zero attached hydrogens (tertiary/aromatic N) is 2. The molecule has 0 aliphatic heterocycles. The van der Waals surface area contributed by atoms with Crippen molar-refractivity contribution in [3.8, 4) is 0 Å². The molecule has 1 amide bonds. The maximum atomic E-state index is 12.6. The third-order valence-corrected chi connectivity index (χ3v) is 3.88. The summed E-state index contributed by atoms with van der Waals surface area (Å²) in [6.45, 7) is 7.63. The Hall–Kier alpha value is -2.70. The largest absolute Gasteiger partial charge is 0.451 e. The standard InChI is InChI=1S/C20H27N3O4/c1-5-6-9-12-23-18(25)15-11-8-7-10-14(15)17(22-23)19(26)27-13-16(24)21-20(2,3)4/h7-8,10-11H,5-6,9,12-13H2,1-4H3,(H,21,24). The summed E-state index contributed by atoms with van der Waals surface area (Å²) in [5.74, 6) is -1.11. The van der Waals surface area contributed by atoms with Gasteiger partial charge >= 0.3 is 5.97 Å². The Morgan fingerprint density at radius 3 is 2.44 bits per heavy atom. The molecule has 0 fully saturated rings. The lowest BCUT2D eigenvalue weighted by Crippen LogP contribution is -2.42. The lowest BCUT2D eigenvalue weighted by Gasteiger charge is -2.20. The van der Waals surface area contributed by atoms with Gasteiger partial charge in [0.2, 0.25) is 0 Å². The average molecular weight is 373 g/mol. The molecule has 0 saturated carbocycles. The number of rotatable bonds is 7. The predicted molar refractivity (Wildman–Crippen MR) is 104 cm³/mol. The van der Waals surface area contributed by atoms with E-state index in [1.54, 1.807) is 24.3 Å². The minimum Gasteiger partial charge on any atom is -0.451 e. The van der Waals surface area contributed by atoms with Crippen LogP contribution in [0.15, 0.2) is 29.1 Å². The zero-order chi connectivity index (χ0) is 20.0. The number of nitrogens with one attached hydrogen (secondary N) is 1. The van der Waals surface area contributed by atoms with Crippen molar-refractivity contribution < 1.29 is 14.3 Å². The first-order valence-corrected chi connectivity index (χ1v) is 9.21. The molecule has 0 unspecified atom stereocenters. The Balaban J connectivity index is 2.27. The van der Waals surface area contributed by atoms with E-state index in [2.05, 4.69) is 17.3 Å². The topological polar surface area (TPSA) is 90.3 Å². The second-order valence-electron chi connectivity index (χ2n) is 7.50. The Morgan fingerprint density at radius 2 is 1.81 bits per heavy atom. The molecule has 27 heavy (non-hydrogen) atoms. The normalized spacial score (nSPS) is 11.4. The number of aromatic nitrogens is 2. The first-order chi connectivity index (χ1) is 12.7. The summed E-state index contributed by atoms with van der Waals surface area (Å²) < 4.78 is 6.44. The number of esters is 1. The van der Waals surface area contributed by atoms with Crippen molar-refractivity contribution in [1.82, 2.24) is 15.1 Å². The fraction of sp³-hybridized carbons (Fsp3) is 0.500. The smallest absolute Gasteiger partial charge is 0.359 e. The van der Waals surface area contributed by atoms with E-state index in [0.29, 0.717) is 17.3 Å². The van der Waals surface area contributed by atoms with Crippen molar-refractivity contribution in [2.24, 2.45) is 0 Å². The van der Waals surface area contributed by atoms with E-state index in [-0.39, 0.29) is 11.3 Å². The van der Waals surface area contributed by atoms with E-state index >= 15 is 0 Å². The van der Waals surface area contributed by atoms with Gasteiger partial charge in [-0.25, -0.2) is 9.48 Å². The number of hydrogen-bond donors (Lipinski definition) is 1. The highest BCUT2D eigenvalue weighted by molar-refractivity contribution is 6.02. The molecule has 0 radical (unpaired) electrons. The lowest BCUT2D eigenvalue weighted by atomic mass is 10.1. The summed E-state index contributed by atoms with van der Waals surface area (Å²) in [6, 6.07) is 6.80. The summed E-state index contributed by atoms with van der Waals surface area (Å²) in [5.41, 5.74) is -0.602. The predicted octanol–water partition coefficient (Wildman–Crippen LogP) is 2.66. The minimum absolute atomic E-state index is 0.0465. The average Bonchev–Trinajstić information content (AvgIpc) is 2.60. The van der Waals surface area contributed by atoms with Gasteiger partial charge in [0.05, 0.1) is 5.39 Å². The van der Waals surface area contributed by atoms with Crippen LogP contribution in [0.3, 0.4) is 0 Å². The number of amides is 1. The molecule has 0 aliphatic carbocycles. The summed E-state index contributed by atoms with van der Waals surface area (Å²) in [7, 11) is 0. The summed E-state index contributed by atoms with van der Waals surface area (Å²) in [5, 5.41) is 7.79. The van der Waals surface area contributed by atoms with Crippen LogP contribution in [-0.2, 0) is 16.1 Å². The number of aryl methyl sites for hydroxylation is 1. The zero-order valence-corrected chi connectivity index (χ0v) is 16.4. The number of carbonyl (C=O) groups excluding carboxylic acids is 2. The van der Waals surface area contributed by atoms with E-state index in [1.165, 1.54) is 4.68 Å². The molecular weight excluding hydrogens is 346 g/mol. The van der Waals surface area contributed by atoms with Gasteiger partial charge in [0.1, 0.15) is 0 Å². The SMILES string of the molecule is CCCCCn1nc(C(=O)OCC(=O)NC(C)(C)C)c2ccccc2c1=O. The maximum Gasteiger partial charge on any atom is 0.359 e. The fourth-order valence-corrected chi connectivity index (χ4v) is 2.70. The molecule has 1 heterocycles. The van der Waals surface area contributed by atoms with Crippen LogP contribution in [0.2, 0.25) is 0 Å². The Kier molecular flexibility index (Phi) is 6.71. The highest BCUT2D eigenvalue weighted by atomic mass is 16.5. The van der Waals surface area contributed by atoms with Gasteiger partial charge in [-0.2, -0.15) is 5.10 Å². The summed E-state index contributed by atoms with van der Waals surface area (Å²) >= 11 is 0. The number of carbonyl (C=O) groups is 2. The quantitative estimate of drug-likeness (QED) is 0.595. The Labute approximate surface area is 158 Å². The number of ether oxygens (including phenoxy) is 1. The van der Waals surface area contributed by atoms with Crippen LogP contribution in [0.5, 0.6) is 0 Å². The van der Waals surface area contributed by atoms with E-state index in [0.717, 1.165) is 19.3 Å². The van der Waals surface area contributed by atoms with Gasteiger partial charge in [0.15, 0.2) is 12.3 Å². The van der Waals surface area contributed by atoms with Crippen molar-refractivity contribution in [2.45, 2.75) is 59.0 Å². The van der Waals surface area contributed by atoms with Gasteiger partial charge in [-0.15, -0.1) is 0 Å². The first-order valence-electron chi connectivity index (χ1n) is 9.21. The van der Waals surface area contributed by atoms with Crippen molar-refractivity contribution in [3.63, 3.8) is 0 Å². The molecule has 0 spiro atoms. The molecule has 146 valence electrons. The van der Waals surface area contributed by atoms with Crippen LogP contribution in [-0.4, -0.2) is 33.8 Å². The van der Waals surface area contributed by atoms with Crippen LogP contribution >= 0.6 is 0 Å². The zero-order valence-electron chi connectivity index (χ0n) is 16.4. The molecule has 7 heteroatoms. The van der Waals surface area contributed by atoms with Crippen LogP contribution in [0.25, 0.3) is 10.8 Å². The second kappa shape index (κ2) is 8.79. The molecule has 0 bridgehead atoms. The monoisotopic (exact) mass is 373 g/mol. The number of hydrogen-bond acceptors (Lipinski definition) is 5. The third kappa shape index (κ3) is 5.64. The summed E-state index contributed by atoms with van der Waals surface area (Å²) in [4.78, 5) is 37.0. The fourth-order valence-electron chi connectivity index (χ4n) is 2.70. The molecule has 0 atom stereocenters.